The van der Waals surface area contributed by atoms with Gasteiger partial charge in [0.1, 0.15) is 0 Å². The van der Waals surface area contributed by atoms with Gasteiger partial charge in [-0.25, -0.2) is 0 Å². The van der Waals surface area contributed by atoms with Crippen molar-refractivity contribution in [2.75, 3.05) is 0 Å². The summed E-state index contributed by atoms with van der Waals surface area (Å²) in [5.41, 5.74) is 0. The van der Waals surface area contributed by atoms with Gasteiger partial charge >= 0.3 is 19.5 Å². The Morgan fingerprint density at radius 1 is 0.750 bits per heavy atom. The second-order valence-corrected chi connectivity index (χ2v) is 0. The number of hydrogen-bond donors (Lipinski definition) is 0. The van der Waals surface area contributed by atoms with Crippen molar-refractivity contribution in [3.8, 4) is 0 Å². The van der Waals surface area contributed by atoms with Crippen molar-refractivity contribution in [1.29, 1.82) is 0 Å². The van der Waals surface area contributed by atoms with Crippen LogP contribution in [0.2, 0.25) is 0 Å². The van der Waals surface area contributed by atoms with E-state index in [0.29, 0.717) is 0 Å². The zero-order valence-electron chi connectivity index (χ0n) is 1.46. The van der Waals surface area contributed by atoms with Crippen LogP contribution in [0.1, 0.15) is 0 Å². The van der Waals surface area contributed by atoms with Crippen LogP contribution >= 0.6 is 0 Å². The third-order valence-corrected chi connectivity index (χ3v) is 0. The van der Waals surface area contributed by atoms with E-state index in [9.17, 15) is 0 Å². The number of rotatable bonds is 0. The van der Waals surface area contributed by atoms with Crippen molar-refractivity contribution in [1.82, 2.24) is 0 Å². The molecule has 0 rings (SSSR count). The summed E-state index contributed by atoms with van der Waals surface area (Å²) in [4.78, 5) is 0. The summed E-state index contributed by atoms with van der Waals surface area (Å²) in [6.45, 7) is 0. The molecule has 0 aromatic rings. The van der Waals surface area contributed by atoms with Gasteiger partial charge in [0.05, 0.1) is 0 Å². The van der Waals surface area contributed by atoms with Gasteiger partial charge in [-0.15, -0.1) is 0 Å². The molecule has 0 saturated heterocycles. The predicted octanol–water partition coefficient (Wildman–Crippen LogP) is -7.18. The van der Waals surface area contributed by atoms with Crippen molar-refractivity contribution in [3.05, 3.63) is 0 Å². The third kappa shape index (κ3) is 9.28. The smallest absolute Gasteiger partial charge is 1.00 e. The molecule has 4 heavy (non-hydrogen) atoms. The fourth-order valence-electron chi connectivity index (χ4n) is 0. The quantitative estimate of drug-likeness (QED) is 0.314. The van der Waals surface area contributed by atoms with Crippen LogP contribution in [-0.4, -0.2) is 17.4 Å². The first-order chi connectivity index (χ1) is 0. The molecule has 0 amide bonds. The van der Waals surface area contributed by atoms with E-state index in [1.807, 2.05) is 0 Å². The molecular formula is H3AlCl2Zn. The van der Waals surface area contributed by atoms with Crippen LogP contribution in [0.5, 0.6) is 0 Å². The van der Waals surface area contributed by atoms with E-state index < -0.39 is 0 Å². The molecule has 0 unspecified atom stereocenters. The first-order valence-electron chi connectivity index (χ1n) is 0. The molecule has 0 aliphatic carbocycles. The molecule has 0 aromatic carbocycles. The summed E-state index contributed by atoms with van der Waals surface area (Å²) < 4.78 is 0. The van der Waals surface area contributed by atoms with Gasteiger partial charge in [0, 0.05) is 0 Å². The van der Waals surface area contributed by atoms with E-state index in [2.05, 4.69) is 0 Å². The Kier molecular flexibility index (Phi) is 234. The minimum absolute atomic E-state index is 0. The van der Waals surface area contributed by atoms with Crippen molar-refractivity contribution in [2.45, 2.75) is 0 Å². The van der Waals surface area contributed by atoms with E-state index in [0.717, 1.165) is 0 Å². The van der Waals surface area contributed by atoms with Crippen LogP contribution in [0.3, 0.4) is 0 Å². The van der Waals surface area contributed by atoms with Gasteiger partial charge in [0.25, 0.3) is 0 Å². The van der Waals surface area contributed by atoms with Crippen molar-refractivity contribution in [2.24, 2.45) is 0 Å². The summed E-state index contributed by atoms with van der Waals surface area (Å²) in [5.74, 6) is 0. The second kappa shape index (κ2) is 21.9. The van der Waals surface area contributed by atoms with Gasteiger partial charge in [0.2, 0.25) is 0 Å². The van der Waals surface area contributed by atoms with Crippen LogP contribution in [-0.2, 0) is 19.5 Å². The van der Waals surface area contributed by atoms with Crippen molar-refractivity contribution >= 4 is 17.4 Å². The fraction of sp³-hybridized carbons (Fsp3) is 0. The standard InChI is InChI=1S/Al.2ClH.Zn.3H/h;2*1H;;;;/q;;;+2;;;/p-2. The number of halogens is 2. The molecule has 0 spiro atoms. The van der Waals surface area contributed by atoms with Gasteiger partial charge in [-0.05, 0) is 0 Å². The maximum atomic E-state index is 0. The Balaban J connectivity index is 0. The predicted molar refractivity (Wildman–Crippen MR) is 9.94 cm³/mol. The van der Waals surface area contributed by atoms with E-state index in [4.69, 9.17) is 0 Å². The summed E-state index contributed by atoms with van der Waals surface area (Å²) in [7, 11) is 0. The van der Waals surface area contributed by atoms with Crippen molar-refractivity contribution in [3.63, 3.8) is 0 Å². The summed E-state index contributed by atoms with van der Waals surface area (Å²) in [5, 5.41) is 0. The molecule has 22 valence electrons. The average Bonchev–Trinajstić information content (AvgIpc) is 0. The van der Waals surface area contributed by atoms with Crippen molar-refractivity contribution < 1.29 is 44.3 Å². The van der Waals surface area contributed by atoms with E-state index >= 15 is 0 Å². The molecule has 4 heteroatoms. The van der Waals surface area contributed by atoms with Gasteiger partial charge in [-0.1, -0.05) is 0 Å². The van der Waals surface area contributed by atoms with Crippen LogP contribution in [0, 0.1) is 0 Å². The Bertz CT molecular complexity index is 6.00. The normalized spacial score (nSPS) is 0. The zero-order chi connectivity index (χ0) is 0. The summed E-state index contributed by atoms with van der Waals surface area (Å²) in [6.07, 6.45) is 0. The monoisotopic (exact) mass is 164 g/mol. The fourth-order valence-corrected chi connectivity index (χ4v) is 0. The molecule has 0 bridgehead atoms. The van der Waals surface area contributed by atoms with Crippen LogP contribution in [0.25, 0.3) is 0 Å². The Labute approximate surface area is 61.4 Å². The third-order valence-electron chi connectivity index (χ3n) is 0. The molecule has 0 aliphatic rings. The summed E-state index contributed by atoms with van der Waals surface area (Å²) >= 11 is 0. The van der Waals surface area contributed by atoms with Crippen LogP contribution < -0.4 is 24.8 Å². The average molecular weight is 166 g/mol. The molecule has 0 aliphatic heterocycles. The second-order valence-electron chi connectivity index (χ2n) is 0. The topological polar surface area (TPSA) is 0 Å². The molecule has 0 nitrogen and oxygen atoms in total. The van der Waals surface area contributed by atoms with Crippen LogP contribution in [0.4, 0.5) is 0 Å². The maximum absolute atomic E-state index is 0. The number of hydrogen-bond acceptors (Lipinski definition) is 0. The summed E-state index contributed by atoms with van der Waals surface area (Å²) in [6, 6.07) is 0. The minimum Gasteiger partial charge on any atom is -1.00 e. The first kappa shape index (κ1) is 42.7. The minimum atomic E-state index is 0. The molecule has 0 N–H and O–H groups in total. The Morgan fingerprint density at radius 3 is 0.750 bits per heavy atom. The van der Waals surface area contributed by atoms with E-state index in [1.54, 1.807) is 0 Å². The van der Waals surface area contributed by atoms with E-state index in [-0.39, 0.29) is 61.7 Å². The molecular weight excluding hydrogens is 163 g/mol. The van der Waals surface area contributed by atoms with Gasteiger partial charge in [-0.2, -0.15) is 0 Å². The first-order valence-corrected chi connectivity index (χ1v) is 0. The molecule has 0 saturated carbocycles. The van der Waals surface area contributed by atoms with Gasteiger partial charge in [0.15, 0.2) is 17.4 Å². The maximum Gasteiger partial charge on any atom is 2.00 e. The Hall–Kier alpha value is 1.74. The SMILES string of the molecule is [AlH3].[Cl-].[Cl-].[Zn+2]. The molecule has 0 atom stereocenters. The molecule has 0 radical (unpaired) electrons. The molecule has 0 aromatic heterocycles. The van der Waals surface area contributed by atoms with Crippen LogP contribution in [0.15, 0.2) is 0 Å². The molecule has 0 fully saturated rings. The molecule has 0 heterocycles. The zero-order valence-corrected chi connectivity index (χ0v) is 5.94. The van der Waals surface area contributed by atoms with Gasteiger partial charge in [-0.3, -0.25) is 0 Å². The van der Waals surface area contributed by atoms with E-state index in [1.165, 1.54) is 0 Å². The van der Waals surface area contributed by atoms with Gasteiger partial charge < -0.3 is 24.8 Å². The Morgan fingerprint density at radius 2 is 0.750 bits per heavy atom. The largest absolute Gasteiger partial charge is 2.00 e.